The zero-order valence-electron chi connectivity index (χ0n) is 11.2. The number of ether oxygens (including phenoxy) is 1. The number of nitrogens with one attached hydrogen (secondary N) is 1. The fraction of sp³-hybridized carbons (Fsp3) is 0.769. The maximum Gasteiger partial charge on any atom is 0.309 e. The van der Waals surface area contributed by atoms with E-state index >= 15 is 0 Å². The molecule has 2 aliphatic heterocycles. The van der Waals surface area contributed by atoms with Crippen molar-refractivity contribution in [3.63, 3.8) is 0 Å². The second-order valence-electron chi connectivity index (χ2n) is 5.01. The fourth-order valence-corrected chi connectivity index (χ4v) is 2.62. The van der Waals surface area contributed by atoms with Gasteiger partial charge in [-0.3, -0.25) is 14.4 Å². The molecule has 2 aliphatic rings. The first-order valence-corrected chi connectivity index (χ1v) is 6.86. The molecule has 0 radical (unpaired) electrons. The van der Waals surface area contributed by atoms with Crippen LogP contribution in [0.3, 0.4) is 0 Å². The summed E-state index contributed by atoms with van der Waals surface area (Å²) in [6, 6.07) is -0.369. The molecule has 2 saturated heterocycles. The smallest absolute Gasteiger partial charge is 0.309 e. The number of piperidine rings is 1. The second kappa shape index (κ2) is 6.04. The van der Waals surface area contributed by atoms with E-state index in [0.29, 0.717) is 45.4 Å². The van der Waals surface area contributed by atoms with E-state index in [1.54, 1.807) is 11.8 Å². The third kappa shape index (κ3) is 3.24. The molecule has 0 saturated carbocycles. The summed E-state index contributed by atoms with van der Waals surface area (Å²) in [5.41, 5.74) is 0. The number of hydrogen-bond acceptors (Lipinski definition) is 4. The van der Waals surface area contributed by atoms with Gasteiger partial charge in [-0.2, -0.15) is 0 Å². The molecule has 6 heteroatoms. The Bertz CT molecular complexity index is 375. The van der Waals surface area contributed by atoms with E-state index < -0.39 is 0 Å². The predicted molar refractivity (Wildman–Crippen MR) is 67.1 cm³/mol. The Morgan fingerprint density at radius 1 is 1.32 bits per heavy atom. The second-order valence-corrected chi connectivity index (χ2v) is 5.01. The number of amides is 2. The summed E-state index contributed by atoms with van der Waals surface area (Å²) in [6.45, 7) is 3.31. The number of rotatable bonds is 3. The molecular formula is C13H20N2O4. The van der Waals surface area contributed by atoms with Crippen LogP contribution in [0.1, 0.15) is 32.6 Å². The Morgan fingerprint density at radius 2 is 2.00 bits per heavy atom. The van der Waals surface area contributed by atoms with Crippen LogP contribution in [-0.4, -0.2) is 48.4 Å². The van der Waals surface area contributed by atoms with Gasteiger partial charge >= 0.3 is 5.97 Å². The van der Waals surface area contributed by atoms with Gasteiger partial charge in [0, 0.05) is 19.5 Å². The van der Waals surface area contributed by atoms with Crippen molar-refractivity contribution in [2.24, 2.45) is 5.92 Å². The average molecular weight is 268 g/mol. The van der Waals surface area contributed by atoms with Crippen LogP contribution in [0.15, 0.2) is 0 Å². The highest BCUT2D eigenvalue weighted by Crippen LogP contribution is 2.20. The minimum absolute atomic E-state index is 0.0202. The van der Waals surface area contributed by atoms with E-state index in [1.165, 1.54) is 0 Å². The number of likely N-dealkylation sites (tertiary alicyclic amines) is 1. The molecule has 19 heavy (non-hydrogen) atoms. The molecule has 2 amide bonds. The molecule has 0 bridgehead atoms. The third-order valence-electron chi connectivity index (χ3n) is 3.72. The van der Waals surface area contributed by atoms with Crippen molar-refractivity contribution in [3.8, 4) is 0 Å². The highest BCUT2D eigenvalue weighted by molar-refractivity contribution is 5.91. The summed E-state index contributed by atoms with van der Waals surface area (Å²) < 4.78 is 4.99. The lowest BCUT2D eigenvalue weighted by molar-refractivity contribution is -0.151. The van der Waals surface area contributed by atoms with E-state index in [1.807, 2.05) is 0 Å². The molecule has 6 nitrogen and oxygen atoms in total. The van der Waals surface area contributed by atoms with Gasteiger partial charge in [-0.25, -0.2) is 0 Å². The molecule has 0 aliphatic carbocycles. The minimum atomic E-state index is -0.369. The van der Waals surface area contributed by atoms with E-state index in [0.717, 1.165) is 0 Å². The Morgan fingerprint density at radius 3 is 2.53 bits per heavy atom. The summed E-state index contributed by atoms with van der Waals surface area (Å²) in [5.74, 6) is -0.334. The number of esters is 1. The first kappa shape index (κ1) is 13.8. The van der Waals surface area contributed by atoms with Crippen LogP contribution in [0, 0.1) is 5.92 Å². The minimum Gasteiger partial charge on any atom is -0.466 e. The molecule has 106 valence electrons. The average Bonchev–Trinajstić information content (AvgIpc) is 2.85. The van der Waals surface area contributed by atoms with Crippen molar-refractivity contribution >= 4 is 17.8 Å². The third-order valence-corrected chi connectivity index (χ3v) is 3.72. The van der Waals surface area contributed by atoms with Crippen LogP contribution in [0.2, 0.25) is 0 Å². The lowest BCUT2D eigenvalue weighted by Crippen LogP contribution is -2.48. The Balaban J connectivity index is 1.81. The zero-order chi connectivity index (χ0) is 13.8. The van der Waals surface area contributed by atoms with Gasteiger partial charge in [-0.15, -0.1) is 0 Å². The van der Waals surface area contributed by atoms with E-state index in [4.69, 9.17) is 4.74 Å². The summed E-state index contributed by atoms with van der Waals surface area (Å²) in [4.78, 5) is 36.6. The van der Waals surface area contributed by atoms with Crippen LogP contribution in [0.4, 0.5) is 0 Å². The molecule has 1 unspecified atom stereocenters. The predicted octanol–water partition coefficient (Wildman–Crippen LogP) is 0.0667. The van der Waals surface area contributed by atoms with Crippen LogP contribution in [0.5, 0.6) is 0 Å². The van der Waals surface area contributed by atoms with Gasteiger partial charge in [-0.1, -0.05) is 0 Å². The fourth-order valence-electron chi connectivity index (χ4n) is 2.62. The van der Waals surface area contributed by atoms with Crippen LogP contribution >= 0.6 is 0 Å². The van der Waals surface area contributed by atoms with Gasteiger partial charge in [0.2, 0.25) is 11.8 Å². The van der Waals surface area contributed by atoms with Crippen molar-refractivity contribution in [1.29, 1.82) is 0 Å². The monoisotopic (exact) mass is 268 g/mol. The number of carbonyl (C=O) groups excluding carboxylic acids is 3. The normalized spacial score (nSPS) is 24.2. The number of carbonyl (C=O) groups is 3. The SMILES string of the molecule is CCOC(=O)C1CCN(C(=O)C2CCC(=O)N2)CC1. The Kier molecular flexibility index (Phi) is 4.39. The molecule has 0 aromatic rings. The van der Waals surface area contributed by atoms with Gasteiger partial charge in [0.15, 0.2) is 0 Å². The summed E-state index contributed by atoms with van der Waals surface area (Å²) in [6.07, 6.45) is 2.29. The summed E-state index contributed by atoms with van der Waals surface area (Å²) in [7, 11) is 0. The topological polar surface area (TPSA) is 75.7 Å². The maximum absolute atomic E-state index is 12.1. The lowest BCUT2D eigenvalue weighted by Gasteiger charge is -2.32. The zero-order valence-corrected chi connectivity index (χ0v) is 11.2. The van der Waals surface area contributed by atoms with Crippen molar-refractivity contribution in [2.45, 2.75) is 38.6 Å². The molecule has 0 spiro atoms. The van der Waals surface area contributed by atoms with Gasteiger partial charge in [0.25, 0.3) is 0 Å². The standard InChI is InChI=1S/C13H20N2O4/c1-2-19-13(18)9-5-7-15(8-6-9)12(17)10-3-4-11(16)14-10/h9-10H,2-8H2,1H3,(H,14,16). The molecule has 0 aromatic carbocycles. The van der Waals surface area contributed by atoms with Gasteiger partial charge in [0.1, 0.15) is 6.04 Å². The van der Waals surface area contributed by atoms with Crippen molar-refractivity contribution < 1.29 is 19.1 Å². The molecular weight excluding hydrogens is 248 g/mol. The number of hydrogen-bond donors (Lipinski definition) is 1. The lowest BCUT2D eigenvalue weighted by atomic mass is 9.96. The first-order chi connectivity index (χ1) is 9.11. The van der Waals surface area contributed by atoms with Crippen molar-refractivity contribution in [3.05, 3.63) is 0 Å². The molecule has 2 rings (SSSR count). The quantitative estimate of drug-likeness (QED) is 0.735. The Labute approximate surface area is 112 Å². The molecule has 0 aromatic heterocycles. The van der Waals surface area contributed by atoms with Crippen molar-refractivity contribution in [2.75, 3.05) is 19.7 Å². The van der Waals surface area contributed by atoms with Crippen LogP contribution in [0.25, 0.3) is 0 Å². The first-order valence-electron chi connectivity index (χ1n) is 6.86. The molecule has 2 heterocycles. The van der Waals surface area contributed by atoms with Gasteiger partial charge in [0.05, 0.1) is 12.5 Å². The van der Waals surface area contributed by atoms with E-state index in [9.17, 15) is 14.4 Å². The summed E-state index contributed by atoms with van der Waals surface area (Å²) >= 11 is 0. The highest BCUT2D eigenvalue weighted by atomic mass is 16.5. The number of nitrogens with zero attached hydrogens (tertiary/aromatic N) is 1. The summed E-state index contributed by atoms with van der Waals surface area (Å²) in [5, 5.41) is 2.68. The molecule has 1 N–H and O–H groups in total. The molecule has 1 atom stereocenters. The molecule has 2 fully saturated rings. The van der Waals surface area contributed by atoms with Gasteiger partial charge < -0.3 is 15.0 Å². The van der Waals surface area contributed by atoms with E-state index in [2.05, 4.69) is 5.32 Å². The maximum atomic E-state index is 12.1. The Hall–Kier alpha value is -1.59. The van der Waals surface area contributed by atoms with Crippen LogP contribution in [-0.2, 0) is 19.1 Å². The highest BCUT2D eigenvalue weighted by Gasteiger charge is 2.34. The van der Waals surface area contributed by atoms with Gasteiger partial charge in [-0.05, 0) is 26.2 Å². The van der Waals surface area contributed by atoms with Crippen LogP contribution < -0.4 is 5.32 Å². The van der Waals surface area contributed by atoms with E-state index in [-0.39, 0.29) is 29.7 Å². The largest absolute Gasteiger partial charge is 0.466 e. The van der Waals surface area contributed by atoms with Crippen molar-refractivity contribution in [1.82, 2.24) is 10.2 Å².